The Morgan fingerprint density at radius 3 is 2.81 bits per heavy atom. The second kappa shape index (κ2) is 5.58. The summed E-state index contributed by atoms with van der Waals surface area (Å²) < 4.78 is 5.80. The zero-order valence-corrected chi connectivity index (χ0v) is 11.9. The summed E-state index contributed by atoms with van der Waals surface area (Å²) >= 11 is 0. The van der Waals surface area contributed by atoms with Gasteiger partial charge in [0.25, 0.3) is 0 Å². The van der Waals surface area contributed by atoms with Gasteiger partial charge in [-0.1, -0.05) is 17.7 Å². The maximum absolute atomic E-state index is 9.77. The number of piperidine rings is 1. The highest BCUT2D eigenvalue weighted by molar-refractivity contribution is 5.60. The molecule has 5 nitrogen and oxygen atoms in total. The van der Waals surface area contributed by atoms with Gasteiger partial charge in [0.05, 0.1) is 6.10 Å². The molecule has 1 aromatic heterocycles. The molecule has 1 N–H and O–H groups in total. The molecular formula is C16H17N3O2. The Labute approximate surface area is 123 Å². The third-order valence-electron chi connectivity index (χ3n) is 3.70. The first-order chi connectivity index (χ1) is 10.2. The lowest BCUT2D eigenvalue weighted by atomic mass is 10.1. The molecule has 2 aromatic rings. The van der Waals surface area contributed by atoms with Crippen molar-refractivity contribution in [3.63, 3.8) is 0 Å². The average Bonchev–Trinajstić information content (AvgIpc) is 2.92. The molecule has 0 amide bonds. The Hall–Kier alpha value is -2.32. The van der Waals surface area contributed by atoms with Crippen LogP contribution in [0.2, 0.25) is 0 Å². The summed E-state index contributed by atoms with van der Waals surface area (Å²) in [5, 5.41) is 19.0. The highest BCUT2D eigenvalue weighted by atomic mass is 16.4. The van der Waals surface area contributed by atoms with Crippen molar-refractivity contribution < 1.29 is 9.52 Å². The number of aliphatic hydroxyl groups excluding tert-OH is 1. The minimum absolute atomic E-state index is 0.277. The number of nitrogens with zero attached hydrogens (tertiary/aromatic N) is 3. The first kappa shape index (κ1) is 13.7. The first-order valence-electron chi connectivity index (χ1n) is 7.08. The van der Waals surface area contributed by atoms with Crippen molar-refractivity contribution in [3.05, 3.63) is 35.5 Å². The van der Waals surface area contributed by atoms with Gasteiger partial charge >= 0.3 is 0 Å². The van der Waals surface area contributed by atoms with Crippen LogP contribution in [-0.4, -0.2) is 29.3 Å². The summed E-state index contributed by atoms with van der Waals surface area (Å²) in [6.45, 7) is 3.27. The van der Waals surface area contributed by atoms with E-state index in [4.69, 9.17) is 4.42 Å². The van der Waals surface area contributed by atoms with E-state index in [1.54, 1.807) is 0 Å². The molecule has 21 heavy (non-hydrogen) atoms. The molecule has 0 spiro atoms. The predicted octanol–water partition coefficient (Wildman–Crippen LogP) is 2.48. The van der Waals surface area contributed by atoms with Gasteiger partial charge in [-0.15, -0.1) is 0 Å². The molecule has 1 aromatic carbocycles. The highest BCUT2D eigenvalue weighted by Crippen LogP contribution is 2.30. The van der Waals surface area contributed by atoms with Crippen molar-refractivity contribution >= 4 is 5.88 Å². The molecule has 1 atom stereocenters. The molecule has 3 rings (SSSR count). The largest absolute Gasteiger partial charge is 0.419 e. The molecule has 1 unspecified atom stereocenters. The third kappa shape index (κ3) is 2.76. The highest BCUT2D eigenvalue weighted by Gasteiger charge is 2.25. The van der Waals surface area contributed by atoms with Gasteiger partial charge in [-0.3, -0.25) is 0 Å². The Morgan fingerprint density at radius 2 is 2.14 bits per heavy atom. The van der Waals surface area contributed by atoms with E-state index in [0.717, 1.165) is 30.5 Å². The third-order valence-corrected chi connectivity index (χ3v) is 3.70. The maximum atomic E-state index is 9.77. The number of oxazole rings is 1. The van der Waals surface area contributed by atoms with E-state index in [0.29, 0.717) is 18.3 Å². The molecule has 2 heterocycles. The molecule has 1 saturated heterocycles. The van der Waals surface area contributed by atoms with E-state index >= 15 is 0 Å². The van der Waals surface area contributed by atoms with Crippen LogP contribution >= 0.6 is 0 Å². The van der Waals surface area contributed by atoms with Gasteiger partial charge in [-0.05, 0) is 31.9 Å². The second-order valence-corrected chi connectivity index (χ2v) is 5.39. The molecule has 0 saturated carbocycles. The van der Waals surface area contributed by atoms with E-state index in [1.807, 2.05) is 36.1 Å². The number of rotatable bonds is 2. The van der Waals surface area contributed by atoms with Crippen LogP contribution in [0.1, 0.15) is 24.1 Å². The molecular weight excluding hydrogens is 266 g/mol. The normalized spacial score (nSPS) is 18.5. The lowest BCUT2D eigenvalue weighted by Crippen LogP contribution is -2.38. The SMILES string of the molecule is Cc1ccc(-c2nc(C#N)c(N3CCCC(O)C3)o2)cc1. The summed E-state index contributed by atoms with van der Waals surface area (Å²) in [5.41, 5.74) is 2.28. The standard InChI is InChI=1S/C16H17N3O2/c1-11-4-6-12(7-5-11)15-18-14(9-17)16(21-15)19-8-2-3-13(20)10-19/h4-7,13,20H,2-3,8,10H2,1H3. The van der Waals surface area contributed by atoms with Crippen molar-refractivity contribution in [3.8, 4) is 17.5 Å². The maximum Gasteiger partial charge on any atom is 0.235 e. The van der Waals surface area contributed by atoms with E-state index in [-0.39, 0.29) is 11.8 Å². The summed E-state index contributed by atoms with van der Waals surface area (Å²) in [5.74, 6) is 0.911. The number of aryl methyl sites for hydroxylation is 1. The number of β-amino-alcohol motifs (C(OH)–C–C–N with tert-alkyl or cyclic N) is 1. The van der Waals surface area contributed by atoms with Gasteiger partial charge in [0.1, 0.15) is 6.07 Å². The second-order valence-electron chi connectivity index (χ2n) is 5.39. The fourth-order valence-electron chi connectivity index (χ4n) is 2.56. The molecule has 1 aliphatic heterocycles. The number of aromatic nitrogens is 1. The number of benzene rings is 1. The summed E-state index contributed by atoms with van der Waals surface area (Å²) in [6, 6.07) is 9.90. The lowest BCUT2D eigenvalue weighted by molar-refractivity contribution is 0.152. The van der Waals surface area contributed by atoms with Crippen LogP contribution in [0.4, 0.5) is 5.88 Å². The number of hydrogen-bond acceptors (Lipinski definition) is 5. The number of nitriles is 1. The van der Waals surface area contributed by atoms with Gasteiger partial charge in [0.2, 0.25) is 17.5 Å². The first-order valence-corrected chi connectivity index (χ1v) is 7.08. The fourth-order valence-corrected chi connectivity index (χ4v) is 2.56. The van der Waals surface area contributed by atoms with Crippen LogP contribution in [0, 0.1) is 18.3 Å². The van der Waals surface area contributed by atoms with Crippen molar-refractivity contribution in [1.82, 2.24) is 4.98 Å². The summed E-state index contributed by atoms with van der Waals surface area (Å²) in [7, 11) is 0. The zero-order valence-electron chi connectivity index (χ0n) is 11.9. The number of anilines is 1. The van der Waals surface area contributed by atoms with E-state index in [2.05, 4.69) is 11.1 Å². The Kier molecular flexibility index (Phi) is 3.63. The van der Waals surface area contributed by atoms with Gasteiger partial charge in [0.15, 0.2) is 0 Å². The van der Waals surface area contributed by atoms with Crippen LogP contribution in [-0.2, 0) is 0 Å². The molecule has 0 radical (unpaired) electrons. The Morgan fingerprint density at radius 1 is 1.38 bits per heavy atom. The molecule has 1 fully saturated rings. The van der Waals surface area contributed by atoms with Crippen LogP contribution in [0.25, 0.3) is 11.5 Å². The zero-order chi connectivity index (χ0) is 14.8. The van der Waals surface area contributed by atoms with Crippen molar-refractivity contribution in [1.29, 1.82) is 5.26 Å². The molecule has 1 aliphatic rings. The fraction of sp³-hybridized carbons (Fsp3) is 0.375. The van der Waals surface area contributed by atoms with Crippen LogP contribution in [0.5, 0.6) is 0 Å². The molecule has 5 heteroatoms. The van der Waals surface area contributed by atoms with Crippen LogP contribution < -0.4 is 4.90 Å². The minimum atomic E-state index is -0.377. The number of hydrogen-bond donors (Lipinski definition) is 1. The Balaban J connectivity index is 1.95. The quantitative estimate of drug-likeness (QED) is 0.916. The summed E-state index contributed by atoms with van der Waals surface area (Å²) in [6.07, 6.45) is 1.29. The van der Waals surface area contributed by atoms with Crippen molar-refractivity contribution in [2.45, 2.75) is 25.9 Å². The van der Waals surface area contributed by atoms with E-state index in [1.165, 1.54) is 0 Å². The van der Waals surface area contributed by atoms with Gasteiger partial charge in [0, 0.05) is 18.7 Å². The minimum Gasteiger partial charge on any atom is -0.419 e. The smallest absolute Gasteiger partial charge is 0.235 e. The molecule has 0 aliphatic carbocycles. The molecule has 108 valence electrons. The Bertz CT molecular complexity index is 670. The van der Waals surface area contributed by atoms with Gasteiger partial charge in [-0.2, -0.15) is 10.2 Å². The van der Waals surface area contributed by atoms with Crippen molar-refractivity contribution in [2.24, 2.45) is 0 Å². The van der Waals surface area contributed by atoms with Crippen molar-refractivity contribution in [2.75, 3.05) is 18.0 Å². The predicted molar refractivity (Wildman–Crippen MR) is 78.8 cm³/mol. The monoisotopic (exact) mass is 283 g/mol. The van der Waals surface area contributed by atoms with Gasteiger partial charge in [-0.25, -0.2) is 0 Å². The molecule has 0 bridgehead atoms. The van der Waals surface area contributed by atoms with Gasteiger partial charge < -0.3 is 14.4 Å². The number of aliphatic hydroxyl groups is 1. The summed E-state index contributed by atoms with van der Waals surface area (Å²) in [4.78, 5) is 6.18. The van der Waals surface area contributed by atoms with E-state index < -0.39 is 0 Å². The average molecular weight is 283 g/mol. The van der Waals surface area contributed by atoms with Crippen LogP contribution in [0.3, 0.4) is 0 Å². The van der Waals surface area contributed by atoms with Crippen LogP contribution in [0.15, 0.2) is 28.7 Å². The lowest BCUT2D eigenvalue weighted by Gasteiger charge is -2.29. The topological polar surface area (TPSA) is 73.3 Å². The van der Waals surface area contributed by atoms with E-state index in [9.17, 15) is 10.4 Å².